The molecule has 2 heterocycles. The summed E-state index contributed by atoms with van der Waals surface area (Å²) in [5, 5.41) is 2.79. The van der Waals surface area contributed by atoms with Gasteiger partial charge in [-0.25, -0.2) is 4.98 Å². The molecule has 130 valence electrons. The number of oxazole rings is 1. The van der Waals surface area contributed by atoms with Gasteiger partial charge in [-0.3, -0.25) is 4.79 Å². The molecule has 1 amide bonds. The number of amides is 1. The Morgan fingerprint density at radius 3 is 2.65 bits per heavy atom. The summed E-state index contributed by atoms with van der Waals surface area (Å²) in [5.74, 6) is 0.406. The van der Waals surface area contributed by atoms with Crippen LogP contribution in [0.5, 0.6) is 0 Å². The number of hydrogen-bond acceptors (Lipinski definition) is 4. The normalized spacial score (nSPS) is 11.0. The van der Waals surface area contributed by atoms with Crippen LogP contribution in [0.2, 0.25) is 0 Å². The number of halogens is 3. The fraction of sp³-hybridized carbons (Fsp3) is 0. The van der Waals surface area contributed by atoms with E-state index in [0.29, 0.717) is 27.3 Å². The molecule has 4 aromatic rings. The van der Waals surface area contributed by atoms with E-state index in [-0.39, 0.29) is 11.7 Å². The molecule has 0 radical (unpaired) electrons. The minimum Gasteiger partial charge on any atom is -0.444 e. The van der Waals surface area contributed by atoms with E-state index in [1.165, 1.54) is 0 Å². The van der Waals surface area contributed by atoms with Gasteiger partial charge >= 0.3 is 0 Å². The van der Waals surface area contributed by atoms with Crippen molar-refractivity contribution in [1.82, 2.24) is 4.98 Å². The third kappa shape index (κ3) is 3.58. The number of fused-ring (bicyclic) bond motifs is 1. The van der Waals surface area contributed by atoms with E-state index >= 15 is 0 Å². The summed E-state index contributed by atoms with van der Waals surface area (Å²) in [7, 11) is 0. The van der Waals surface area contributed by atoms with Gasteiger partial charge in [0, 0.05) is 13.7 Å². The summed E-state index contributed by atoms with van der Waals surface area (Å²) in [4.78, 5) is 16.7. The van der Waals surface area contributed by atoms with Gasteiger partial charge in [0.1, 0.15) is 5.52 Å². The van der Waals surface area contributed by atoms with Crippen molar-refractivity contribution in [1.29, 1.82) is 0 Å². The highest BCUT2D eigenvalue weighted by molar-refractivity contribution is 14.1. The Hall–Kier alpha value is -1.65. The Balaban J connectivity index is 1.65. The molecule has 4 rings (SSSR count). The fourth-order valence-electron chi connectivity index (χ4n) is 2.41. The average molecular weight is 588 g/mol. The molecule has 5 nitrogen and oxygen atoms in total. The molecule has 0 aliphatic carbocycles. The van der Waals surface area contributed by atoms with E-state index in [1.807, 2.05) is 18.2 Å². The summed E-state index contributed by atoms with van der Waals surface area (Å²) in [5.41, 5.74) is 2.78. The van der Waals surface area contributed by atoms with Crippen LogP contribution in [-0.4, -0.2) is 10.9 Å². The van der Waals surface area contributed by atoms with Gasteiger partial charge in [-0.05, 0) is 103 Å². The molecule has 0 unspecified atom stereocenters. The maximum atomic E-state index is 12.2. The van der Waals surface area contributed by atoms with Gasteiger partial charge in [0.25, 0.3) is 5.91 Å². The van der Waals surface area contributed by atoms with Crippen LogP contribution in [0.1, 0.15) is 10.6 Å². The van der Waals surface area contributed by atoms with Crippen LogP contribution in [0.3, 0.4) is 0 Å². The smallest absolute Gasteiger partial charge is 0.291 e. The Bertz CT molecular complexity index is 1140. The highest BCUT2D eigenvalue weighted by atomic mass is 127. The van der Waals surface area contributed by atoms with Gasteiger partial charge in [-0.15, -0.1) is 0 Å². The zero-order valence-electron chi connectivity index (χ0n) is 12.9. The third-order valence-electron chi connectivity index (χ3n) is 3.60. The van der Waals surface area contributed by atoms with E-state index in [4.69, 9.17) is 8.83 Å². The number of aromatic nitrogens is 1. The third-order valence-corrected chi connectivity index (χ3v) is 5.39. The highest BCUT2D eigenvalue weighted by Gasteiger charge is 2.14. The molecule has 1 N–H and O–H groups in total. The van der Waals surface area contributed by atoms with E-state index in [9.17, 15) is 4.79 Å². The van der Waals surface area contributed by atoms with Gasteiger partial charge in [-0.2, -0.15) is 0 Å². The second-order valence-electron chi connectivity index (χ2n) is 5.38. The number of furan rings is 1. The first kappa shape index (κ1) is 17.7. The van der Waals surface area contributed by atoms with Crippen molar-refractivity contribution in [3.63, 3.8) is 0 Å². The quantitative estimate of drug-likeness (QED) is 0.279. The molecule has 8 heteroatoms. The maximum Gasteiger partial charge on any atom is 0.291 e. The van der Waals surface area contributed by atoms with E-state index < -0.39 is 0 Å². The highest BCUT2D eigenvalue weighted by Crippen LogP contribution is 2.32. The van der Waals surface area contributed by atoms with E-state index in [1.54, 1.807) is 30.3 Å². The van der Waals surface area contributed by atoms with Crippen molar-refractivity contribution < 1.29 is 13.6 Å². The lowest BCUT2D eigenvalue weighted by atomic mass is 10.2. The van der Waals surface area contributed by atoms with Crippen molar-refractivity contribution in [3.8, 4) is 11.5 Å². The fourth-order valence-corrected chi connectivity index (χ4v) is 3.62. The molecule has 2 aromatic heterocycles. The Morgan fingerprint density at radius 2 is 1.88 bits per heavy atom. The zero-order chi connectivity index (χ0) is 18.3. The number of nitrogens with one attached hydrogen (secondary N) is 1. The Labute approximate surface area is 178 Å². The maximum absolute atomic E-state index is 12.2. The van der Waals surface area contributed by atoms with Crippen LogP contribution in [-0.2, 0) is 0 Å². The lowest BCUT2D eigenvalue weighted by Gasteiger charge is -2.02. The van der Waals surface area contributed by atoms with Crippen LogP contribution in [0.25, 0.3) is 22.6 Å². The number of hydrogen-bond donors (Lipinski definition) is 1. The predicted molar refractivity (Wildman–Crippen MR) is 114 cm³/mol. The predicted octanol–water partition coefficient (Wildman–Crippen LogP) is 6.47. The average Bonchev–Trinajstić information content (AvgIpc) is 3.22. The van der Waals surface area contributed by atoms with Crippen LogP contribution < -0.4 is 5.32 Å². The molecule has 0 spiro atoms. The van der Waals surface area contributed by atoms with Crippen LogP contribution in [0.15, 0.2) is 66.5 Å². The van der Waals surface area contributed by atoms with Crippen molar-refractivity contribution in [2.24, 2.45) is 0 Å². The molecular formula is C18H9Br2IN2O3. The number of benzene rings is 2. The molecule has 26 heavy (non-hydrogen) atoms. The summed E-state index contributed by atoms with van der Waals surface area (Å²) in [6.45, 7) is 0. The SMILES string of the molecule is O=C(Nc1ccc2oc(-c3cc(I)ccc3Br)nc2c1)c1ccc(Br)o1. The van der Waals surface area contributed by atoms with Crippen molar-refractivity contribution in [2.45, 2.75) is 0 Å². The minimum atomic E-state index is -0.334. The van der Waals surface area contributed by atoms with Crippen molar-refractivity contribution in [2.75, 3.05) is 5.32 Å². The minimum absolute atomic E-state index is 0.223. The molecule has 0 aliphatic heterocycles. The first-order valence-electron chi connectivity index (χ1n) is 7.42. The molecular weight excluding hydrogens is 579 g/mol. The number of nitrogens with zero attached hydrogens (tertiary/aromatic N) is 1. The zero-order valence-corrected chi connectivity index (χ0v) is 18.3. The molecule has 0 saturated carbocycles. The molecule has 2 aromatic carbocycles. The summed E-state index contributed by atoms with van der Waals surface area (Å²) < 4.78 is 13.6. The Kier molecular flexibility index (Phi) is 4.89. The number of carbonyl (C=O) groups is 1. The van der Waals surface area contributed by atoms with Gasteiger partial charge in [0.15, 0.2) is 16.0 Å². The number of rotatable bonds is 3. The second kappa shape index (κ2) is 7.16. The van der Waals surface area contributed by atoms with Gasteiger partial charge in [-0.1, -0.05) is 0 Å². The Morgan fingerprint density at radius 1 is 1.04 bits per heavy atom. The molecule has 0 bridgehead atoms. The molecule has 0 saturated heterocycles. The van der Waals surface area contributed by atoms with Crippen LogP contribution in [0.4, 0.5) is 5.69 Å². The number of anilines is 1. The monoisotopic (exact) mass is 586 g/mol. The van der Waals surface area contributed by atoms with Crippen molar-refractivity contribution in [3.05, 3.63) is 67.0 Å². The molecule has 0 fully saturated rings. The van der Waals surface area contributed by atoms with Gasteiger partial charge in [0.2, 0.25) is 5.89 Å². The van der Waals surface area contributed by atoms with Crippen LogP contribution >= 0.6 is 54.5 Å². The standard InChI is InChI=1S/C18H9Br2IN2O3/c19-12-3-1-9(21)7-11(12)18-23-13-8-10(2-4-14(13)26-18)22-17(24)15-5-6-16(20)25-15/h1-8H,(H,22,24). The second-order valence-corrected chi connectivity index (χ2v) is 8.27. The first-order chi connectivity index (χ1) is 12.5. The van der Waals surface area contributed by atoms with Crippen molar-refractivity contribution >= 4 is 77.1 Å². The van der Waals surface area contributed by atoms with E-state index in [2.05, 4.69) is 64.8 Å². The summed E-state index contributed by atoms with van der Waals surface area (Å²) in [6, 6.07) is 14.5. The molecule has 0 atom stereocenters. The lowest BCUT2D eigenvalue weighted by molar-refractivity contribution is 0.0995. The van der Waals surface area contributed by atoms with Crippen LogP contribution in [0, 0.1) is 3.57 Å². The van der Waals surface area contributed by atoms with E-state index in [0.717, 1.165) is 13.6 Å². The number of carbonyl (C=O) groups excluding carboxylic acids is 1. The lowest BCUT2D eigenvalue weighted by Crippen LogP contribution is -2.10. The molecule has 0 aliphatic rings. The summed E-state index contributed by atoms with van der Waals surface area (Å²) >= 11 is 8.95. The largest absolute Gasteiger partial charge is 0.444 e. The summed E-state index contributed by atoms with van der Waals surface area (Å²) in [6.07, 6.45) is 0. The van der Waals surface area contributed by atoms with Gasteiger partial charge < -0.3 is 14.2 Å². The van der Waals surface area contributed by atoms with Gasteiger partial charge in [0.05, 0.1) is 5.56 Å². The first-order valence-corrected chi connectivity index (χ1v) is 10.1. The topological polar surface area (TPSA) is 68.3 Å².